The van der Waals surface area contributed by atoms with E-state index in [0.29, 0.717) is 11.1 Å². The topological polar surface area (TPSA) is 86.9 Å². The molecule has 0 amide bonds. The highest BCUT2D eigenvalue weighted by molar-refractivity contribution is 6.00. The lowest BCUT2D eigenvalue weighted by atomic mass is 10.0. The molecule has 0 spiro atoms. The Morgan fingerprint density at radius 3 is 2.41 bits per heavy atom. The Hall–Kier alpha value is -4.39. The first kappa shape index (κ1) is 19.6. The molecule has 0 aliphatic rings. The molecule has 0 radical (unpaired) electrons. The minimum absolute atomic E-state index is 0.0663. The number of fused-ring (bicyclic) bond motifs is 2. The van der Waals surface area contributed by atoms with Gasteiger partial charge in [0, 0.05) is 24.2 Å². The van der Waals surface area contributed by atoms with Crippen molar-refractivity contribution in [1.29, 1.82) is 0 Å². The first-order chi connectivity index (χ1) is 15.6. The van der Waals surface area contributed by atoms with Crippen molar-refractivity contribution in [3.05, 3.63) is 117 Å². The summed E-state index contributed by atoms with van der Waals surface area (Å²) in [5, 5.41) is 1.97. The Morgan fingerprint density at radius 1 is 0.812 bits per heavy atom. The lowest BCUT2D eigenvalue weighted by Gasteiger charge is -2.13. The van der Waals surface area contributed by atoms with Gasteiger partial charge in [0.1, 0.15) is 0 Å². The summed E-state index contributed by atoms with van der Waals surface area (Å²) in [7, 11) is 0. The summed E-state index contributed by atoms with van der Waals surface area (Å²) in [5.74, 6) is -0.225. The number of rotatable bonds is 5. The summed E-state index contributed by atoms with van der Waals surface area (Å²) in [6, 6.07) is 20.0. The molecule has 0 atom stereocenters. The monoisotopic (exact) mass is 422 g/mol. The molecule has 0 aliphatic carbocycles. The molecule has 0 N–H and O–H groups in total. The van der Waals surface area contributed by atoms with E-state index in [4.69, 9.17) is 0 Å². The molecule has 0 bridgehead atoms. The van der Waals surface area contributed by atoms with E-state index in [0.717, 1.165) is 20.9 Å². The number of hydrogen-bond donors (Lipinski definition) is 0. The largest absolute Gasteiger partial charge is 0.332 e. The van der Waals surface area contributed by atoms with Gasteiger partial charge in [-0.2, -0.15) is 0 Å². The number of aromatic nitrogens is 4. The van der Waals surface area contributed by atoms with Gasteiger partial charge in [-0.05, 0) is 46.7 Å². The van der Waals surface area contributed by atoms with Crippen molar-refractivity contribution in [2.75, 3.05) is 0 Å². The van der Waals surface area contributed by atoms with E-state index in [1.54, 1.807) is 42.7 Å². The van der Waals surface area contributed by atoms with E-state index in [1.807, 2.05) is 36.4 Å². The smallest absolute Gasteiger partial charge is 0.292 e. The van der Waals surface area contributed by atoms with Crippen LogP contribution < -0.4 is 11.2 Å². The van der Waals surface area contributed by atoms with Gasteiger partial charge in [0.15, 0.2) is 11.3 Å². The molecule has 0 saturated carbocycles. The van der Waals surface area contributed by atoms with E-state index < -0.39 is 11.2 Å². The molecule has 3 heterocycles. The van der Waals surface area contributed by atoms with Crippen LogP contribution >= 0.6 is 0 Å². The Morgan fingerprint density at radius 2 is 1.59 bits per heavy atom. The van der Waals surface area contributed by atoms with Gasteiger partial charge in [-0.15, -0.1) is 0 Å². The Labute approximate surface area is 182 Å². The number of pyridine rings is 2. The zero-order chi connectivity index (χ0) is 22.1. The molecule has 0 unspecified atom stereocenters. The third kappa shape index (κ3) is 3.50. The van der Waals surface area contributed by atoms with Gasteiger partial charge in [0.2, 0.25) is 0 Å². The van der Waals surface area contributed by atoms with E-state index >= 15 is 0 Å². The van der Waals surface area contributed by atoms with Crippen molar-refractivity contribution in [2.45, 2.75) is 13.1 Å². The summed E-state index contributed by atoms with van der Waals surface area (Å²) in [4.78, 5) is 47.6. The predicted molar refractivity (Wildman–Crippen MR) is 122 cm³/mol. The van der Waals surface area contributed by atoms with Gasteiger partial charge in [0.25, 0.3) is 5.56 Å². The van der Waals surface area contributed by atoms with Gasteiger partial charge < -0.3 is 0 Å². The van der Waals surface area contributed by atoms with Gasteiger partial charge in [-0.25, -0.2) is 9.78 Å². The molecule has 7 heteroatoms. The number of Topliss-reactive ketones (excluding diaryl/α,β-unsaturated/α-hetero) is 1. The maximum Gasteiger partial charge on any atom is 0.332 e. The van der Waals surface area contributed by atoms with Gasteiger partial charge in [-0.3, -0.25) is 23.7 Å². The molecule has 7 nitrogen and oxygen atoms in total. The third-order valence-electron chi connectivity index (χ3n) is 5.45. The van der Waals surface area contributed by atoms with Gasteiger partial charge in [-0.1, -0.05) is 36.4 Å². The van der Waals surface area contributed by atoms with Crippen molar-refractivity contribution in [2.24, 2.45) is 0 Å². The summed E-state index contributed by atoms with van der Waals surface area (Å²) < 4.78 is 2.43. The first-order valence-corrected chi connectivity index (χ1v) is 10.1. The maximum absolute atomic E-state index is 13.3. The maximum atomic E-state index is 13.3. The van der Waals surface area contributed by atoms with Gasteiger partial charge in [0.05, 0.1) is 18.6 Å². The van der Waals surface area contributed by atoms with E-state index in [9.17, 15) is 14.4 Å². The van der Waals surface area contributed by atoms with Crippen molar-refractivity contribution in [3.8, 4) is 0 Å². The zero-order valence-electron chi connectivity index (χ0n) is 17.0. The van der Waals surface area contributed by atoms with Crippen molar-refractivity contribution < 1.29 is 4.79 Å². The minimum Gasteiger partial charge on any atom is -0.292 e. The average molecular weight is 422 g/mol. The molecule has 3 aromatic heterocycles. The average Bonchev–Trinajstić information content (AvgIpc) is 2.84. The fourth-order valence-corrected chi connectivity index (χ4v) is 3.80. The van der Waals surface area contributed by atoms with Crippen LogP contribution in [0.15, 0.2) is 94.9 Å². The molecule has 0 saturated heterocycles. The molecule has 156 valence electrons. The molecular formula is C25H18N4O3. The lowest BCUT2D eigenvalue weighted by Crippen LogP contribution is -2.41. The molecule has 0 aliphatic heterocycles. The van der Waals surface area contributed by atoms with Crippen LogP contribution in [0.25, 0.3) is 21.8 Å². The van der Waals surface area contributed by atoms with Crippen molar-refractivity contribution in [1.82, 2.24) is 19.1 Å². The third-order valence-corrected chi connectivity index (χ3v) is 5.45. The highest BCUT2D eigenvalue weighted by Gasteiger charge is 2.17. The van der Waals surface area contributed by atoms with Crippen LogP contribution in [0.5, 0.6) is 0 Å². The molecule has 5 aromatic rings. The number of carbonyl (C=O) groups excluding carboxylic acids is 1. The standard InChI is InChI=1S/C25H18N4O3/c30-22(20-8-7-18-4-1-2-5-19(18)14-20)16-28-21-6-3-11-27-23(21)24(31)29(25(28)32)15-17-9-12-26-13-10-17/h1-14H,15-16H2. The second-order valence-corrected chi connectivity index (χ2v) is 7.47. The second-order valence-electron chi connectivity index (χ2n) is 7.47. The fraction of sp³-hybridized carbons (Fsp3) is 0.0800. The molecule has 5 rings (SSSR count). The van der Waals surface area contributed by atoms with Gasteiger partial charge >= 0.3 is 5.69 Å². The predicted octanol–water partition coefficient (Wildman–Crippen LogP) is 3.04. The zero-order valence-corrected chi connectivity index (χ0v) is 17.0. The van der Waals surface area contributed by atoms with E-state index in [-0.39, 0.29) is 24.4 Å². The number of nitrogens with zero attached hydrogens (tertiary/aromatic N) is 4. The summed E-state index contributed by atoms with van der Waals surface area (Å²) in [5.41, 5.74) is 0.690. The number of hydrogen-bond acceptors (Lipinski definition) is 5. The van der Waals surface area contributed by atoms with E-state index in [1.165, 1.54) is 10.8 Å². The summed E-state index contributed by atoms with van der Waals surface area (Å²) in [6.07, 6.45) is 4.70. The van der Waals surface area contributed by atoms with Crippen LogP contribution in [0, 0.1) is 0 Å². The van der Waals surface area contributed by atoms with Crippen LogP contribution in [0.1, 0.15) is 15.9 Å². The normalized spacial score (nSPS) is 11.1. The number of benzene rings is 2. The molecule has 0 fully saturated rings. The van der Waals surface area contributed by atoms with Crippen LogP contribution in [0.2, 0.25) is 0 Å². The molecular weight excluding hydrogens is 404 g/mol. The molecule has 32 heavy (non-hydrogen) atoms. The van der Waals surface area contributed by atoms with Crippen molar-refractivity contribution >= 4 is 27.6 Å². The summed E-state index contributed by atoms with van der Waals surface area (Å²) >= 11 is 0. The lowest BCUT2D eigenvalue weighted by molar-refractivity contribution is 0.0971. The number of ketones is 1. The highest BCUT2D eigenvalue weighted by atomic mass is 16.2. The SMILES string of the molecule is O=C(Cn1c(=O)n(Cc2ccncc2)c(=O)c2ncccc21)c1ccc2ccccc2c1. The van der Waals surface area contributed by atoms with Crippen LogP contribution in [0.4, 0.5) is 0 Å². The second kappa shape index (κ2) is 8.03. The minimum atomic E-state index is -0.554. The van der Waals surface area contributed by atoms with Crippen LogP contribution in [0.3, 0.4) is 0 Å². The highest BCUT2D eigenvalue weighted by Crippen LogP contribution is 2.17. The Balaban J connectivity index is 1.61. The van der Waals surface area contributed by atoms with Crippen LogP contribution in [-0.2, 0) is 13.1 Å². The first-order valence-electron chi connectivity index (χ1n) is 10.1. The Bertz CT molecular complexity index is 1590. The Kier molecular flexibility index (Phi) is 4.91. The molecule has 2 aromatic carbocycles. The quantitative estimate of drug-likeness (QED) is 0.406. The van der Waals surface area contributed by atoms with E-state index in [2.05, 4.69) is 9.97 Å². The summed E-state index contributed by atoms with van der Waals surface area (Å²) in [6.45, 7) is -0.132. The van der Waals surface area contributed by atoms with Crippen molar-refractivity contribution in [3.63, 3.8) is 0 Å². The number of carbonyl (C=O) groups is 1. The fourth-order valence-electron chi connectivity index (χ4n) is 3.80. The van der Waals surface area contributed by atoms with Crippen LogP contribution in [-0.4, -0.2) is 24.9 Å².